The lowest BCUT2D eigenvalue weighted by molar-refractivity contribution is 0.0698. The van der Waals surface area contributed by atoms with Crippen LogP contribution in [0, 0.1) is 17.8 Å². The minimum Gasteiger partial charge on any atom is -0.392 e. The number of nitrogens with two attached hydrogens (primary N) is 2. The Labute approximate surface area is 93.2 Å². The molecule has 1 unspecified atom stereocenters. The van der Waals surface area contributed by atoms with Crippen LogP contribution in [0.2, 0.25) is 0 Å². The molecule has 1 aliphatic rings. The molecule has 1 aliphatic carbocycles. The van der Waals surface area contributed by atoms with Crippen molar-refractivity contribution in [3.05, 3.63) is 0 Å². The molecule has 3 nitrogen and oxygen atoms in total. The molecule has 0 aromatic rings. The SMILES string of the molecule is CCC(CC)C(N)[C@@H]1[C@H](O)[C@@H](C)C[C@H]1N. The minimum absolute atomic E-state index is 0.0509. The van der Waals surface area contributed by atoms with E-state index in [0.717, 1.165) is 19.3 Å². The molecular formula is C12H26N2O. The third-order valence-electron chi connectivity index (χ3n) is 4.15. The molecule has 90 valence electrons. The van der Waals surface area contributed by atoms with Crippen LogP contribution in [0.5, 0.6) is 0 Å². The van der Waals surface area contributed by atoms with Crippen molar-refractivity contribution >= 4 is 0 Å². The standard InChI is InChI=1S/C12H26N2O/c1-4-8(5-2)11(14)10-9(13)6-7(3)12(10)15/h7-12,15H,4-6,13-14H2,1-3H3/t7-,9+,10+,11?,12+/m0/s1. The fraction of sp³-hybridized carbons (Fsp3) is 1.00. The molecule has 0 aliphatic heterocycles. The van der Waals surface area contributed by atoms with E-state index in [9.17, 15) is 5.11 Å². The van der Waals surface area contributed by atoms with Crippen molar-refractivity contribution in [3.63, 3.8) is 0 Å². The molecule has 15 heavy (non-hydrogen) atoms. The molecule has 3 heteroatoms. The third kappa shape index (κ3) is 2.52. The summed E-state index contributed by atoms with van der Waals surface area (Å²) in [4.78, 5) is 0. The highest BCUT2D eigenvalue weighted by Crippen LogP contribution is 2.35. The van der Waals surface area contributed by atoms with Crippen molar-refractivity contribution in [3.8, 4) is 0 Å². The van der Waals surface area contributed by atoms with Crippen LogP contribution in [0.4, 0.5) is 0 Å². The van der Waals surface area contributed by atoms with Crippen LogP contribution in [0.3, 0.4) is 0 Å². The first-order valence-electron chi connectivity index (χ1n) is 6.22. The third-order valence-corrected chi connectivity index (χ3v) is 4.15. The van der Waals surface area contributed by atoms with E-state index in [1.165, 1.54) is 0 Å². The number of hydrogen-bond donors (Lipinski definition) is 3. The van der Waals surface area contributed by atoms with Crippen molar-refractivity contribution in [2.45, 2.75) is 58.2 Å². The van der Waals surface area contributed by atoms with E-state index in [-0.39, 0.29) is 24.1 Å². The lowest BCUT2D eigenvalue weighted by atomic mass is 9.81. The van der Waals surface area contributed by atoms with E-state index in [1.807, 2.05) is 0 Å². The molecule has 1 saturated carbocycles. The average Bonchev–Trinajstić information content (AvgIpc) is 2.43. The van der Waals surface area contributed by atoms with Gasteiger partial charge in [0.1, 0.15) is 0 Å². The Morgan fingerprint density at radius 1 is 1.33 bits per heavy atom. The topological polar surface area (TPSA) is 72.3 Å². The van der Waals surface area contributed by atoms with Crippen LogP contribution in [-0.4, -0.2) is 23.3 Å². The summed E-state index contributed by atoms with van der Waals surface area (Å²) in [5, 5.41) is 10.1. The van der Waals surface area contributed by atoms with E-state index < -0.39 is 0 Å². The molecular weight excluding hydrogens is 188 g/mol. The van der Waals surface area contributed by atoms with E-state index in [4.69, 9.17) is 11.5 Å². The highest BCUT2D eigenvalue weighted by atomic mass is 16.3. The lowest BCUT2D eigenvalue weighted by Crippen LogP contribution is -2.48. The van der Waals surface area contributed by atoms with Gasteiger partial charge in [0.2, 0.25) is 0 Å². The molecule has 1 fully saturated rings. The van der Waals surface area contributed by atoms with Crippen molar-refractivity contribution in [1.29, 1.82) is 0 Å². The van der Waals surface area contributed by atoms with Gasteiger partial charge in [0, 0.05) is 18.0 Å². The van der Waals surface area contributed by atoms with Gasteiger partial charge in [-0.15, -0.1) is 0 Å². The predicted octanol–water partition coefficient (Wildman–Crippen LogP) is 1.09. The Morgan fingerprint density at radius 3 is 2.20 bits per heavy atom. The molecule has 5 N–H and O–H groups in total. The van der Waals surface area contributed by atoms with Crippen molar-refractivity contribution in [2.24, 2.45) is 29.2 Å². The Bertz CT molecular complexity index is 194. The molecule has 1 rings (SSSR count). The summed E-state index contributed by atoms with van der Waals surface area (Å²) in [7, 11) is 0. The minimum atomic E-state index is -0.310. The van der Waals surface area contributed by atoms with Crippen LogP contribution < -0.4 is 11.5 Å². The maximum atomic E-state index is 10.1. The van der Waals surface area contributed by atoms with Gasteiger partial charge in [-0.25, -0.2) is 0 Å². The zero-order chi connectivity index (χ0) is 11.6. The summed E-state index contributed by atoms with van der Waals surface area (Å²) in [5.74, 6) is 0.872. The first kappa shape index (κ1) is 12.9. The summed E-state index contributed by atoms with van der Waals surface area (Å²) in [6.07, 6.45) is 2.74. The van der Waals surface area contributed by atoms with Gasteiger partial charge in [-0.2, -0.15) is 0 Å². The maximum absolute atomic E-state index is 10.1. The average molecular weight is 214 g/mol. The number of hydrogen-bond acceptors (Lipinski definition) is 3. The van der Waals surface area contributed by atoms with Crippen LogP contribution in [0.15, 0.2) is 0 Å². The van der Waals surface area contributed by atoms with Crippen molar-refractivity contribution < 1.29 is 5.11 Å². The van der Waals surface area contributed by atoms with Gasteiger partial charge < -0.3 is 16.6 Å². The fourth-order valence-corrected chi connectivity index (χ4v) is 3.02. The second-order valence-corrected chi connectivity index (χ2v) is 5.10. The Balaban J connectivity index is 2.69. The van der Waals surface area contributed by atoms with E-state index in [1.54, 1.807) is 0 Å². The van der Waals surface area contributed by atoms with Gasteiger partial charge in [0.05, 0.1) is 6.10 Å². The van der Waals surface area contributed by atoms with Crippen LogP contribution in [-0.2, 0) is 0 Å². The normalized spacial score (nSPS) is 38.6. The Morgan fingerprint density at radius 2 is 1.87 bits per heavy atom. The molecule has 0 aromatic heterocycles. The number of aliphatic hydroxyl groups excluding tert-OH is 1. The zero-order valence-corrected chi connectivity index (χ0v) is 10.2. The Kier molecular flexibility index (Phi) is 4.56. The predicted molar refractivity (Wildman–Crippen MR) is 63.3 cm³/mol. The summed E-state index contributed by atoms with van der Waals surface area (Å²) < 4.78 is 0. The number of rotatable bonds is 4. The summed E-state index contributed by atoms with van der Waals surface area (Å²) in [6, 6.07) is 0.126. The molecule has 0 amide bonds. The van der Waals surface area contributed by atoms with Crippen LogP contribution >= 0.6 is 0 Å². The van der Waals surface area contributed by atoms with E-state index in [0.29, 0.717) is 11.8 Å². The highest BCUT2D eigenvalue weighted by Gasteiger charge is 2.42. The van der Waals surface area contributed by atoms with Gasteiger partial charge in [0.15, 0.2) is 0 Å². The molecule has 5 atom stereocenters. The number of aliphatic hydroxyl groups is 1. The van der Waals surface area contributed by atoms with Gasteiger partial charge in [-0.3, -0.25) is 0 Å². The molecule has 0 spiro atoms. The maximum Gasteiger partial charge on any atom is 0.0624 e. The second-order valence-electron chi connectivity index (χ2n) is 5.10. The van der Waals surface area contributed by atoms with Crippen LogP contribution in [0.1, 0.15) is 40.0 Å². The van der Waals surface area contributed by atoms with Crippen LogP contribution in [0.25, 0.3) is 0 Å². The first-order chi connectivity index (χ1) is 7.02. The smallest absolute Gasteiger partial charge is 0.0624 e. The highest BCUT2D eigenvalue weighted by molar-refractivity contribution is 4.98. The van der Waals surface area contributed by atoms with Crippen molar-refractivity contribution in [1.82, 2.24) is 0 Å². The fourth-order valence-electron chi connectivity index (χ4n) is 3.02. The summed E-state index contributed by atoms with van der Waals surface area (Å²) >= 11 is 0. The molecule has 0 heterocycles. The largest absolute Gasteiger partial charge is 0.392 e. The quantitative estimate of drug-likeness (QED) is 0.656. The second kappa shape index (κ2) is 5.28. The van der Waals surface area contributed by atoms with Gasteiger partial charge in [-0.05, 0) is 18.3 Å². The summed E-state index contributed by atoms with van der Waals surface area (Å²) in [6.45, 7) is 6.37. The van der Waals surface area contributed by atoms with E-state index >= 15 is 0 Å². The first-order valence-corrected chi connectivity index (χ1v) is 6.22. The molecule has 0 aromatic carbocycles. The van der Waals surface area contributed by atoms with Crippen molar-refractivity contribution in [2.75, 3.05) is 0 Å². The van der Waals surface area contributed by atoms with Gasteiger partial charge in [-0.1, -0.05) is 33.6 Å². The van der Waals surface area contributed by atoms with Gasteiger partial charge >= 0.3 is 0 Å². The Hall–Kier alpha value is -0.120. The monoisotopic (exact) mass is 214 g/mol. The molecule has 0 radical (unpaired) electrons. The van der Waals surface area contributed by atoms with Gasteiger partial charge in [0.25, 0.3) is 0 Å². The lowest BCUT2D eigenvalue weighted by Gasteiger charge is -2.32. The molecule has 0 saturated heterocycles. The van der Waals surface area contributed by atoms with E-state index in [2.05, 4.69) is 20.8 Å². The molecule has 0 bridgehead atoms. The zero-order valence-electron chi connectivity index (χ0n) is 10.2. The summed E-state index contributed by atoms with van der Waals surface area (Å²) in [5.41, 5.74) is 12.3.